The second kappa shape index (κ2) is 4.94. The van der Waals surface area contributed by atoms with E-state index in [1.54, 1.807) is 24.4 Å². The van der Waals surface area contributed by atoms with Gasteiger partial charge in [-0.3, -0.25) is 0 Å². The average molecular weight is 237 g/mol. The molecule has 0 unspecified atom stereocenters. The molecule has 82 valence electrons. The first kappa shape index (κ1) is 10.9. The molecule has 0 saturated heterocycles. The standard InChI is InChI=1S/C12H10ClFN2/c13-12-6-5-11(8-16-12)15-7-9-1-3-10(14)4-2-9/h1-6,8,15H,7H2. The van der Waals surface area contributed by atoms with Gasteiger partial charge in [0, 0.05) is 6.54 Å². The number of anilines is 1. The third-order valence-corrected chi connectivity index (χ3v) is 2.36. The summed E-state index contributed by atoms with van der Waals surface area (Å²) < 4.78 is 12.6. The van der Waals surface area contributed by atoms with Crippen molar-refractivity contribution in [1.29, 1.82) is 0 Å². The van der Waals surface area contributed by atoms with Gasteiger partial charge in [0.2, 0.25) is 0 Å². The monoisotopic (exact) mass is 236 g/mol. The lowest BCUT2D eigenvalue weighted by Crippen LogP contribution is -1.99. The van der Waals surface area contributed by atoms with Gasteiger partial charge >= 0.3 is 0 Å². The van der Waals surface area contributed by atoms with Gasteiger partial charge in [-0.2, -0.15) is 0 Å². The molecule has 0 fully saturated rings. The summed E-state index contributed by atoms with van der Waals surface area (Å²) >= 11 is 5.67. The molecule has 1 heterocycles. The predicted molar refractivity (Wildman–Crippen MR) is 63.0 cm³/mol. The largest absolute Gasteiger partial charge is 0.380 e. The van der Waals surface area contributed by atoms with Crippen LogP contribution in [0.15, 0.2) is 42.6 Å². The minimum Gasteiger partial charge on any atom is -0.380 e. The van der Waals surface area contributed by atoms with Crippen LogP contribution in [0.25, 0.3) is 0 Å². The van der Waals surface area contributed by atoms with E-state index in [0.29, 0.717) is 11.7 Å². The Kier molecular flexibility index (Phi) is 3.37. The van der Waals surface area contributed by atoms with E-state index in [0.717, 1.165) is 11.3 Å². The quantitative estimate of drug-likeness (QED) is 0.826. The number of halogens is 2. The molecule has 4 heteroatoms. The van der Waals surface area contributed by atoms with Crippen LogP contribution in [0.2, 0.25) is 5.15 Å². The van der Waals surface area contributed by atoms with Crippen molar-refractivity contribution in [2.45, 2.75) is 6.54 Å². The Balaban J connectivity index is 1.97. The molecule has 0 aliphatic heterocycles. The van der Waals surface area contributed by atoms with Crippen LogP contribution < -0.4 is 5.32 Å². The number of benzene rings is 1. The Hall–Kier alpha value is -1.61. The van der Waals surface area contributed by atoms with Gasteiger partial charge in [-0.1, -0.05) is 23.7 Å². The highest BCUT2D eigenvalue weighted by molar-refractivity contribution is 6.29. The highest BCUT2D eigenvalue weighted by Gasteiger charge is 1.95. The Morgan fingerprint density at radius 3 is 2.50 bits per heavy atom. The molecule has 0 aliphatic rings. The van der Waals surface area contributed by atoms with Gasteiger partial charge in [-0.15, -0.1) is 0 Å². The van der Waals surface area contributed by atoms with E-state index >= 15 is 0 Å². The van der Waals surface area contributed by atoms with Crippen molar-refractivity contribution in [3.63, 3.8) is 0 Å². The van der Waals surface area contributed by atoms with Crippen molar-refractivity contribution in [3.05, 3.63) is 59.1 Å². The Morgan fingerprint density at radius 2 is 1.88 bits per heavy atom. The second-order valence-electron chi connectivity index (χ2n) is 3.35. The smallest absolute Gasteiger partial charge is 0.129 e. The molecule has 1 aromatic carbocycles. The zero-order chi connectivity index (χ0) is 11.4. The fraction of sp³-hybridized carbons (Fsp3) is 0.0833. The zero-order valence-electron chi connectivity index (χ0n) is 8.45. The number of rotatable bonds is 3. The van der Waals surface area contributed by atoms with Gasteiger partial charge in [0.05, 0.1) is 11.9 Å². The van der Waals surface area contributed by atoms with Gasteiger partial charge in [0.25, 0.3) is 0 Å². The molecule has 0 atom stereocenters. The number of pyridine rings is 1. The Bertz CT molecular complexity index is 408. The number of hydrogen-bond donors (Lipinski definition) is 1. The van der Waals surface area contributed by atoms with E-state index in [1.807, 2.05) is 6.07 Å². The van der Waals surface area contributed by atoms with Crippen molar-refractivity contribution in [1.82, 2.24) is 4.98 Å². The zero-order valence-corrected chi connectivity index (χ0v) is 9.21. The maximum Gasteiger partial charge on any atom is 0.129 e. The molecule has 1 N–H and O–H groups in total. The summed E-state index contributed by atoms with van der Waals surface area (Å²) in [7, 11) is 0. The van der Waals surface area contributed by atoms with Gasteiger partial charge in [-0.05, 0) is 29.8 Å². The van der Waals surface area contributed by atoms with Crippen LogP contribution in [-0.2, 0) is 6.54 Å². The molecular formula is C12H10ClFN2. The van der Waals surface area contributed by atoms with Crippen LogP contribution in [0.3, 0.4) is 0 Å². The lowest BCUT2D eigenvalue weighted by Gasteiger charge is -2.05. The van der Waals surface area contributed by atoms with Crippen LogP contribution in [0, 0.1) is 5.82 Å². The molecule has 0 spiro atoms. The molecule has 0 amide bonds. The summed E-state index contributed by atoms with van der Waals surface area (Å²) in [5.41, 5.74) is 1.89. The van der Waals surface area contributed by atoms with E-state index in [-0.39, 0.29) is 5.82 Å². The highest BCUT2D eigenvalue weighted by Crippen LogP contribution is 2.11. The summed E-state index contributed by atoms with van der Waals surface area (Å²) in [6.07, 6.45) is 1.66. The predicted octanol–water partition coefficient (Wildman–Crippen LogP) is 3.49. The van der Waals surface area contributed by atoms with Crippen LogP contribution in [-0.4, -0.2) is 4.98 Å². The van der Waals surface area contributed by atoms with Gasteiger partial charge in [0.1, 0.15) is 11.0 Å². The molecule has 0 aliphatic carbocycles. The summed E-state index contributed by atoms with van der Waals surface area (Å²) in [6, 6.07) is 9.93. The van der Waals surface area contributed by atoms with Crippen molar-refractivity contribution in [3.8, 4) is 0 Å². The number of nitrogens with zero attached hydrogens (tertiary/aromatic N) is 1. The minimum absolute atomic E-state index is 0.225. The summed E-state index contributed by atoms with van der Waals surface area (Å²) in [6.45, 7) is 0.629. The SMILES string of the molecule is Fc1ccc(CNc2ccc(Cl)nc2)cc1. The Labute approximate surface area is 98.1 Å². The average Bonchev–Trinajstić information content (AvgIpc) is 2.30. The number of aromatic nitrogens is 1. The molecule has 0 bridgehead atoms. The van der Waals surface area contributed by atoms with Crippen molar-refractivity contribution in [2.75, 3.05) is 5.32 Å². The van der Waals surface area contributed by atoms with Crippen molar-refractivity contribution < 1.29 is 4.39 Å². The van der Waals surface area contributed by atoms with E-state index in [2.05, 4.69) is 10.3 Å². The van der Waals surface area contributed by atoms with Gasteiger partial charge in [0.15, 0.2) is 0 Å². The van der Waals surface area contributed by atoms with Crippen molar-refractivity contribution in [2.24, 2.45) is 0 Å². The van der Waals surface area contributed by atoms with E-state index in [4.69, 9.17) is 11.6 Å². The topological polar surface area (TPSA) is 24.9 Å². The fourth-order valence-electron chi connectivity index (χ4n) is 1.29. The normalized spacial score (nSPS) is 10.1. The van der Waals surface area contributed by atoms with Crippen LogP contribution in [0.5, 0.6) is 0 Å². The summed E-state index contributed by atoms with van der Waals surface area (Å²) in [5, 5.41) is 3.63. The lowest BCUT2D eigenvalue weighted by atomic mass is 10.2. The van der Waals surface area contributed by atoms with E-state index in [1.165, 1.54) is 12.1 Å². The third-order valence-electron chi connectivity index (χ3n) is 2.14. The molecule has 2 rings (SSSR count). The van der Waals surface area contributed by atoms with Crippen LogP contribution in [0.4, 0.5) is 10.1 Å². The molecule has 16 heavy (non-hydrogen) atoms. The number of hydrogen-bond acceptors (Lipinski definition) is 2. The van der Waals surface area contributed by atoms with E-state index < -0.39 is 0 Å². The molecule has 0 radical (unpaired) electrons. The van der Waals surface area contributed by atoms with Gasteiger partial charge in [-0.25, -0.2) is 9.37 Å². The number of nitrogens with one attached hydrogen (secondary N) is 1. The first-order chi connectivity index (χ1) is 7.74. The van der Waals surface area contributed by atoms with Crippen molar-refractivity contribution >= 4 is 17.3 Å². The first-order valence-corrected chi connectivity index (χ1v) is 5.22. The fourth-order valence-corrected chi connectivity index (χ4v) is 1.40. The highest BCUT2D eigenvalue weighted by atomic mass is 35.5. The van der Waals surface area contributed by atoms with Crippen LogP contribution in [0.1, 0.15) is 5.56 Å². The molecule has 1 aromatic heterocycles. The maximum absolute atomic E-state index is 12.6. The Morgan fingerprint density at radius 1 is 1.12 bits per heavy atom. The van der Waals surface area contributed by atoms with Gasteiger partial charge < -0.3 is 5.32 Å². The third kappa shape index (κ3) is 2.94. The first-order valence-electron chi connectivity index (χ1n) is 4.84. The molecule has 0 saturated carbocycles. The molecule has 2 nitrogen and oxygen atoms in total. The summed E-state index contributed by atoms with van der Waals surface area (Å²) in [5.74, 6) is -0.225. The second-order valence-corrected chi connectivity index (χ2v) is 3.74. The minimum atomic E-state index is -0.225. The maximum atomic E-state index is 12.6. The summed E-state index contributed by atoms with van der Waals surface area (Å²) in [4.78, 5) is 3.95. The molecular weight excluding hydrogens is 227 g/mol. The van der Waals surface area contributed by atoms with E-state index in [9.17, 15) is 4.39 Å². The molecule has 2 aromatic rings. The lowest BCUT2D eigenvalue weighted by molar-refractivity contribution is 0.627. The van der Waals surface area contributed by atoms with Crippen LogP contribution >= 0.6 is 11.6 Å².